The van der Waals surface area contributed by atoms with E-state index in [0.29, 0.717) is 48.3 Å². The lowest BCUT2D eigenvalue weighted by atomic mass is 9.97. The number of halogens is 1. The van der Waals surface area contributed by atoms with E-state index in [-0.39, 0.29) is 11.9 Å². The van der Waals surface area contributed by atoms with Crippen LogP contribution < -0.4 is 16.0 Å². The van der Waals surface area contributed by atoms with Gasteiger partial charge in [-0.2, -0.15) is 0 Å². The number of nitrogens with zero attached hydrogens (tertiary/aromatic N) is 3. The van der Waals surface area contributed by atoms with Crippen LogP contribution in [0.1, 0.15) is 18.4 Å². The molecule has 3 N–H and O–H groups in total. The van der Waals surface area contributed by atoms with Crippen LogP contribution in [0.3, 0.4) is 0 Å². The van der Waals surface area contributed by atoms with Crippen LogP contribution in [-0.2, 0) is 9.53 Å². The topological polar surface area (TPSA) is 93.4 Å². The van der Waals surface area contributed by atoms with E-state index in [9.17, 15) is 4.79 Å². The van der Waals surface area contributed by atoms with Crippen molar-refractivity contribution in [1.29, 1.82) is 0 Å². The standard InChI is InChI=1S/C18H22ClN5O2/c1-11-3-4-13(9-14(11)19)23-16-15(20)17(22-10-21-16)24-7-5-12(6-8-24)18(25)26-2/h3-4,9-10,12H,5-8,20H2,1-2H3,(H,21,22,23). The number of ether oxygens (including phenoxy) is 1. The minimum Gasteiger partial charge on any atom is -0.469 e. The Hall–Kier alpha value is -2.54. The molecule has 3 rings (SSSR count). The summed E-state index contributed by atoms with van der Waals surface area (Å²) in [5.41, 5.74) is 8.58. The maximum atomic E-state index is 11.7. The second-order valence-electron chi connectivity index (χ2n) is 6.33. The molecular weight excluding hydrogens is 354 g/mol. The molecule has 0 amide bonds. The smallest absolute Gasteiger partial charge is 0.308 e. The fourth-order valence-corrected chi connectivity index (χ4v) is 3.22. The summed E-state index contributed by atoms with van der Waals surface area (Å²) in [5.74, 6) is 0.986. The highest BCUT2D eigenvalue weighted by atomic mass is 35.5. The molecule has 0 spiro atoms. The zero-order valence-corrected chi connectivity index (χ0v) is 15.6. The molecule has 2 aromatic rings. The molecule has 138 valence electrons. The molecule has 0 bridgehead atoms. The van der Waals surface area contributed by atoms with Crippen LogP contribution in [0.4, 0.5) is 23.0 Å². The van der Waals surface area contributed by atoms with Gasteiger partial charge in [0.1, 0.15) is 12.0 Å². The van der Waals surface area contributed by atoms with Crippen LogP contribution in [-0.4, -0.2) is 36.1 Å². The van der Waals surface area contributed by atoms with E-state index in [1.165, 1.54) is 13.4 Å². The molecule has 8 heteroatoms. The van der Waals surface area contributed by atoms with E-state index >= 15 is 0 Å². The predicted octanol–water partition coefficient (Wildman–Crippen LogP) is 3.15. The van der Waals surface area contributed by atoms with Crippen molar-refractivity contribution < 1.29 is 9.53 Å². The molecule has 2 heterocycles. The summed E-state index contributed by atoms with van der Waals surface area (Å²) in [6.07, 6.45) is 2.91. The second kappa shape index (κ2) is 7.78. The third kappa shape index (κ3) is 3.83. The lowest BCUT2D eigenvalue weighted by molar-refractivity contribution is -0.146. The molecule has 7 nitrogen and oxygen atoms in total. The number of hydrogen-bond acceptors (Lipinski definition) is 7. The molecule has 0 radical (unpaired) electrons. The molecule has 0 unspecified atom stereocenters. The normalized spacial score (nSPS) is 15.0. The summed E-state index contributed by atoms with van der Waals surface area (Å²) in [5, 5.41) is 3.87. The number of hydrogen-bond donors (Lipinski definition) is 2. The van der Waals surface area contributed by atoms with Crippen LogP contribution in [0.2, 0.25) is 5.02 Å². The Balaban J connectivity index is 1.75. The van der Waals surface area contributed by atoms with Gasteiger partial charge in [0.2, 0.25) is 0 Å². The van der Waals surface area contributed by atoms with Gasteiger partial charge in [-0.05, 0) is 37.5 Å². The first-order chi connectivity index (χ1) is 12.5. The van der Waals surface area contributed by atoms with Gasteiger partial charge in [0.25, 0.3) is 0 Å². The molecule has 1 aromatic carbocycles. The van der Waals surface area contributed by atoms with Crippen molar-refractivity contribution in [3.05, 3.63) is 35.1 Å². The van der Waals surface area contributed by atoms with Gasteiger partial charge in [0, 0.05) is 23.8 Å². The Morgan fingerprint density at radius 1 is 1.35 bits per heavy atom. The molecule has 1 aliphatic rings. The first kappa shape index (κ1) is 18.3. The SMILES string of the molecule is COC(=O)C1CCN(c2ncnc(Nc3ccc(C)c(Cl)c3)c2N)CC1. The molecular formula is C18H22ClN5O2. The summed E-state index contributed by atoms with van der Waals surface area (Å²) in [7, 11) is 1.42. The van der Waals surface area contributed by atoms with Crippen LogP contribution >= 0.6 is 11.6 Å². The first-order valence-corrected chi connectivity index (χ1v) is 8.83. The van der Waals surface area contributed by atoms with Crippen molar-refractivity contribution in [3.8, 4) is 0 Å². The minimum atomic E-state index is -0.154. The van der Waals surface area contributed by atoms with Gasteiger partial charge < -0.3 is 20.7 Å². The Kier molecular flexibility index (Phi) is 5.46. The fraction of sp³-hybridized carbons (Fsp3) is 0.389. The number of methoxy groups -OCH3 is 1. The van der Waals surface area contributed by atoms with Gasteiger partial charge in [-0.25, -0.2) is 9.97 Å². The maximum Gasteiger partial charge on any atom is 0.308 e. The highest BCUT2D eigenvalue weighted by Gasteiger charge is 2.27. The van der Waals surface area contributed by atoms with Crippen molar-refractivity contribution in [2.24, 2.45) is 5.92 Å². The van der Waals surface area contributed by atoms with E-state index in [1.54, 1.807) is 0 Å². The third-order valence-corrected chi connectivity index (χ3v) is 5.03. The third-order valence-electron chi connectivity index (χ3n) is 4.63. The van der Waals surface area contributed by atoms with Crippen molar-refractivity contribution in [2.75, 3.05) is 36.1 Å². The number of nitrogens with two attached hydrogens (primary N) is 1. The Morgan fingerprint density at radius 3 is 2.73 bits per heavy atom. The van der Waals surface area contributed by atoms with Gasteiger partial charge in [0.15, 0.2) is 11.6 Å². The van der Waals surface area contributed by atoms with Crippen LogP contribution in [0.15, 0.2) is 24.5 Å². The van der Waals surface area contributed by atoms with Crippen LogP contribution in [0.5, 0.6) is 0 Å². The molecule has 1 saturated heterocycles. The highest BCUT2D eigenvalue weighted by Crippen LogP contribution is 2.32. The Bertz CT molecular complexity index is 806. The molecule has 26 heavy (non-hydrogen) atoms. The van der Waals surface area contributed by atoms with Crippen molar-refractivity contribution in [2.45, 2.75) is 19.8 Å². The van der Waals surface area contributed by atoms with E-state index in [1.807, 2.05) is 25.1 Å². The number of carbonyl (C=O) groups is 1. The minimum absolute atomic E-state index is 0.0633. The van der Waals surface area contributed by atoms with Gasteiger partial charge >= 0.3 is 5.97 Å². The van der Waals surface area contributed by atoms with E-state index in [4.69, 9.17) is 22.1 Å². The predicted molar refractivity (Wildman–Crippen MR) is 103 cm³/mol. The number of esters is 1. The number of nitrogen functional groups attached to an aromatic ring is 1. The lowest BCUT2D eigenvalue weighted by Crippen LogP contribution is -2.37. The molecule has 1 fully saturated rings. The number of piperidine rings is 1. The number of aryl methyl sites for hydroxylation is 1. The Labute approximate surface area is 157 Å². The monoisotopic (exact) mass is 375 g/mol. The van der Waals surface area contributed by atoms with Crippen molar-refractivity contribution >= 4 is 40.6 Å². The highest BCUT2D eigenvalue weighted by molar-refractivity contribution is 6.31. The summed E-state index contributed by atoms with van der Waals surface area (Å²) >= 11 is 6.17. The first-order valence-electron chi connectivity index (χ1n) is 8.46. The van der Waals surface area contributed by atoms with Crippen LogP contribution in [0, 0.1) is 12.8 Å². The van der Waals surface area contributed by atoms with Crippen molar-refractivity contribution in [1.82, 2.24) is 9.97 Å². The van der Waals surface area contributed by atoms with Crippen LogP contribution in [0.25, 0.3) is 0 Å². The fourth-order valence-electron chi connectivity index (χ4n) is 3.04. The molecule has 0 saturated carbocycles. The molecule has 0 aliphatic carbocycles. The quantitative estimate of drug-likeness (QED) is 0.792. The average molecular weight is 376 g/mol. The van der Waals surface area contributed by atoms with E-state index in [2.05, 4.69) is 20.2 Å². The van der Waals surface area contributed by atoms with Gasteiger partial charge in [-0.1, -0.05) is 17.7 Å². The molecule has 0 atom stereocenters. The average Bonchev–Trinajstić information content (AvgIpc) is 2.66. The van der Waals surface area contributed by atoms with E-state index < -0.39 is 0 Å². The van der Waals surface area contributed by atoms with Gasteiger partial charge in [-0.3, -0.25) is 4.79 Å². The zero-order chi connectivity index (χ0) is 18.7. The van der Waals surface area contributed by atoms with Gasteiger partial charge in [0.05, 0.1) is 13.0 Å². The summed E-state index contributed by atoms with van der Waals surface area (Å²) in [4.78, 5) is 22.3. The number of rotatable bonds is 4. The Morgan fingerprint density at radius 2 is 2.08 bits per heavy atom. The number of carbonyl (C=O) groups excluding carboxylic acids is 1. The number of anilines is 4. The summed E-state index contributed by atoms with van der Waals surface area (Å²) in [6, 6.07) is 5.69. The number of benzene rings is 1. The second-order valence-corrected chi connectivity index (χ2v) is 6.74. The largest absolute Gasteiger partial charge is 0.469 e. The van der Waals surface area contributed by atoms with Crippen molar-refractivity contribution in [3.63, 3.8) is 0 Å². The molecule has 1 aromatic heterocycles. The number of nitrogens with one attached hydrogen (secondary N) is 1. The van der Waals surface area contributed by atoms with Gasteiger partial charge in [-0.15, -0.1) is 0 Å². The summed E-state index contributed by atoms with van der Waals surface area (Å²) < 4.78 is 4.83. The zero-order valence-electron chi connectivity index (χ0n) is 14.8. The maximum absolute atomic E-state index is 11.7. The van der Waals surface area contributed by atoms with E-state index in [0.717, 1.165) is 11.3 Å². The lowest BCUT2D eigenvalue weighted by Gasteiger charge is -2.32. The summed E-state index contributed by atoms with van der Waals surface area (Å²) in [6.45, 7) is 3.33. The molecule has 1 aliphatic heterocycles. The number of aromatic nitrogens is 2.